The average Bonchev–Trinajstić information content (AvgIpc) is 1.37. The van der Waals surface area contributed by atoms with E-state index in [-0.39, 0.29) is 0 Å². The molecule has 0 bridgehead atoms. The summed E-state index contributed by atoms with van der Waals surface area (Å²) >= 11 is 0. The number of hydrogen-bond acceptors (Lipinski definition) is 8. The van der Waals surface area contributed by atoms with E-state index in [1.165, 1.54) is 213 Å². The van der Waals surface area contributed by atoms with Crippen LogP contribution in [-0.4, -0.2) is 72.7 Å². The fourth-order valence-corrected chi connectivity index (χ4v) is 12.5. The van der Waals surface area contributed by atoms with Gasteiger partial charge < -0.3 is 30.2 Å². The summed E-state index contributed by atoms with van der Waals surface area (Å²) in [5.74, 6) is 9.18. The zero-order valence-corrected chi connectivity index (χ0v) is 83.3. The monoisotopic (exact) mass is 1620 g/mol. The Bertz CT molecular complexity index is 2220. The summed E-state index contributed by atoms with van der Waals surface area (Å²) in [4.78, 5) is 0. The number of ether oxygens (including phenoxy) is 3. The molecule has 2 spiro atoms. The molecule has 3 aromatic carbocycles. The molecule has 0 aromatic heterocycles. The number of hydrogen-bond donors (Lipinski definition) is 3. The Kier molecular flexibility index (Phi) is 87.0. The van der Waals surface area contributed by atoms with E-state index in [9.17, 15) is 8.42 Å². The zero-order chi connectivity index (χ0) is 87.3. The van der Waals surface area contributed by atoms with Gasteiger partial charge in [-0.05, 0) is 170 Å². The van der Waals surface area contributed by atoms with Gasteiger partial charge in [0.15, 0.2) is 0 Å². The topological polar surface area (TPSA) is 97.9 Å². The van der Waals surface area contributed by atoms with E-state index in [0.717, 1.165) is 163 Å². The number of sulfone groups is 1. The lowest BCUT2D eigenvalue weighted by atomic mass is 9.67. The van der Waals surface area contributed by atoms with Gasteiger partial charge in [-0.2, -0.15) is 0 Å². The maximum atomic E-state index is 10.7. The molecule has 7 heterocycles. The van der Waals surface area contributed by atoms with Crippen molar-refractivity contribution in [3.05, 3.63) is 106 Å². The van der Waals surface area contributed by atoms with Gasteiger partial charge in [0.05, 0.1) is 37.9 Å². The normalized spacial score (nSPS) is 18.2. The van der Waals surface area contributed by atoms with Crippen LogP contribution in [0.4, 0.5) is 0 Å². The number of aryl methyl sites for hydroxylation is 1. The molecule has 0 unspecified atom stereocenters. The third kappa shape index (κ3) is 96.5. The Morgan fingerprint density at radius 2 is 0.447 bits per heavy atom. The molecule has 5 saturated carbocycles. The quantitative estimate of drug-likeness (QED) is 0.205. The highest BCUT2D eigenvalue weighted by atomic mass is 32.2. The summed E-state index contributed by atoms with van der Waals surface area (Å²) in [6.45, 7) is 77.8. The first-order valence-corrected chi connectivity index (χ1v) is 49.8. The lowest BCUT2D eigenvalue weighted by molar-refractivity contribution is -0.155. The van der Waals surface area contributed by atoms with Crippen LogP contribution < -0.4 is 16.0 Å². The van der Waals surface area contributed by atoms with Crippen LogP contribution in [0.15, 0.2) is 72.8 Å². The second-order valence-corrected chi connectivity index (χ2v) is 43.0. The summed E-state index contributed by atoms with van der Waals surface area (Å²) in [7, 11) is -2.58. The molecule has 676 valence electrons. The molecule has 5 aliphatic carbocycles. The predicted octanol–water partition coefficient (Wildman–Crippen LogP) is 31.4. The molecular formula is C105H205N3O5S. The first kappa shape index (κ1) is 120. The van der Waals surface area contributed by atoms with E-state index in [2.05, 4.69) is 296 Å². The van der Waals surface area contributed by atoms with Crippen LogP contribution in [0.1, 0.15) is 427 Å². The van der Waals surface area contributed by atoms with Gasteiger partial charge in [-0.3, -0.25) is 0 Å². The van der Waals surface area contributed by atoms with Crippen molar-refractivity contribution in [3.63, 3.8) is 0 Å². The van der Waals surface area contributed by atoms with E-state index in [1.54, 1.807) is 0 Å². The lowest BCUT2D eigenvalue weighted by Gasteiger charge is -2.48. The van der Waals surface area contributed by atoms with Crippen LogP contribution in [0.25, 0.3) is 0 Å². The summed E-state index contributed by atoms with van der Waals surface area (Å²) in [5.41, 5.74) is 10.3. The lowest BCUT2D eigenvalue weighted by Crippen LogP contribution is -2.47. The molecule has 15 rings (SSSR count). The van der Waals surface area contributed by atoms with Gasteiger partial charge in [0.25, 0.3) is 0 Å². The van der Waals surface area contributed by atoms with Gasteiger partial charge in [-0.15, -0.1) is 0 Å². The van der Waals surface area contributed by atoms with E-state index in [4.69, 9.17) is 14.2 Å². The van der Waals surface area contributed by atoms with Gasteiger partial charge in [0, 0.05) is 50.2 Å². The molecule has 4 saturated heterocycles. The fourth-order valence-electron chi connectivity index (χ4n) is 11.0. The third-order valence-corrected chi connectivity index (χ3v) is 18.8. The molecular weight excluding hydrogens is 1420 g/mol. The maximum absolute atomic E-state index is 10.7. The molecule has 114 heavy (non-hydrogen) atoms. The van der Waals surface area contributed by atoms with Gasteiger partial charge in [0.2, 0.25) is 0 Å². The minimum absolute atomic E-state index is 0.424. The van der Waals surface area contributed by atoms with Crippen molar-refractivity contribution in [3.8, 4) is 0 Å². The highest BCUT2D eigenvalue weighted by Crippen LogP contribution is 2.46. The van der Waals surface area contributed by atoms with Crippen molar-refractivity contribution < 1.29 is 22.6 Å². The molecule has 0 atom stereocenters. The molecule has 9 fully saturated rings. The van der Waals surface area contributed by atoms with Crippen LogP contribution in [0, 0.1) is 70.0 Å². The van der Waals surface area contributed by atoms with Gasteiger partial charge in [-0.1, -0.05) is 415 Å². The van der Waals surface area contributed by atoms with E-state index >= 15 is 0 Å². The van der Waals surface area contributed by atoms with Gasteiger partial charge >= 0.3 is 0 Å². The standard InChI is InChI=1S/C10H13N.C9H11N.C8H9N.C8H14O.C6H10O.2C6H12.C5H10O2S.C4H8.10C4H10.C3H6O/c1-2-5-10-8-11-7-3-6-9(10)4-1;1-2-4-9-7-10-6-5-8(9)3-1;1-2-4-8-6-9-5-7(8)3-1;1-2-4-8(5-3-1)6-9-7-8;1-2-6(3-1)4-7-5-6;2*1-2-4-6-5-3-1;6-8(7)4-2-1-3-5-8;1-2-4-3-1;10*1-4(2)3;1-2-4-3-1/h1-2,4-5,11H,3,6-8H2;1-4,10H,5-7H2;1-4,9H,5-6H2;1-7H2;1-5H2;2*1-6H2;1-5H2;1-4H2;10*4H,1-3H3;1-3H2. The van der Waals surface area contributed by atoms with Crippen molar-refractivity contribution in [2.45, 2.75) is 433 Å². The van der Waals surface area contributed by atoms with Crippen LogP contribution in [-0.2, 0) is 63.1 Å². The number of fused-ring (bicyclic) bond motifs is 3. The van der Waals surface area contributed by atoms with Crippen molar-refractivity contribution in [1.29, 1.82) is 0 Å². The summed E-state index contributed by atoms with van der Waals surface area (Å²) in [5, 5.41) is 10.0. The SMILES string of the molecule is C1CC2(C1)COC2.C1CCC1.C1CCC2(CC1)COC2.C1CCCCC1.C1CCCCC1.C1COC1.CC(C)C.CC(C)C.CC(C)C.CC(C)C.CC(C)C.CC(C)C.CC(C)C.CC(C)C.CC(C)C.CC(C)C.O=S1(=O)CCCCC1.c1ccc2c(c1)CCCNC2.c1ccc2c(c1)CCNC2.c1ccc2c(c1)CNC2. The second-order valence-electron chi connectivity index (χ2n) is 40.7. The Morgan fingerprint density at radius 3 is 0.640 bits per heavy atom. The largest absolute Gasteiger partial charge is 0.381 e. The molecule has 0 radical (unpaired) electrons. The van der Waals surface area contributed by atoms with E-state index < -0.39 is 9.84 Å². The van der Waals surface area contributed by atoms with Crippen molar-refractivity contribution in [1.82, 2.24) is 16.0 Å². The summed E-state index contributed by atoms with van der Waals surface area (Å²) in [6, 6.07) is 25.9. The van der Waals surface area contributed by atoms with Crippen molar-refractivity contribution in [2.75, 3.05) is 64.2 Å². The number of nitrogens with one attached hydrogen (secondary N) is 3. The van der Waals surface area contributed by atoms with Crippen molar-refractivity contribution in [2.24, 2.45) is 70.0 Å². The van der Waals surface area contributed by atoms with Crippen molar-refractivity contribution >= 4 is 9.84 Å². The Hall–Kier alpha value is -2.63. The fraction of sp³-hybridized carbons (Fsp3) is 0.829. The molecule has 9 heteroatoms. The highest BCUT2D eigenvalue weighted by molar-refractivity contribution is 7.91. The maximum Gasteiger partial charge on any atom is 0.150 e. The van der Waals surface area contributed by atoms with Crippen LogP contribution in [0.5, 0.6) is 0 Å². The number of benzene rings is 3. The number of rotatable bonds is 0. The predicted molar refractivity (Wildman–Crippen MR) is 516 cm³/mol. The average molecular weight is 1620 g/mol. The second kappa shape index (κ2) is 82.7. The van der Waals surface area contributed by atoms with Crippen LogP contribution in [0.2, 0.25) is 0 Å². The molecule has 3 aromatic rings. The first-order valence-electron chi connectivity index (χ1n) is 48.0. The Labute approximate surface area is 717 Å². The summed E-state index contributed by atoms with van der Waals surface area (Å²) in [6.07, 6.45) is 43.4. The highest BCUT2D eigenvalue weighted by Gasteiger charge is 2.43. The smallest absolute Gasteiger partial charge is 0.150 e. The van der Waals surface area contributed by atoms with Crippen LogP contribution >= 0.6 is 0 Å². The van der Waals surface area contributed by atoms with E-state index in [0.29, 0.717) is 16.9 Å². The third-order valence-electron chi connectivity index (χ3n) is 16.9. The van der Waals surface area contributed by atoms with Crippen LogP contribution in [0.3, 0.4) is 0 Å². The van der Waals surface area contributed by atoms with Gasteiger partial charge in [0.1, 0.15) is 9.84 Å². The molecule has 12 aliphatic rings. The van der Waals surface area contributed by atoms with E-state index in [1.807, 2.05) is 0 Å². The molecule has 8 nitrogen and oxygen atoms in total. The minimum atomic E-state index is -2.58. The molecule has 0 amide bonds. The zero-order valence-electron chi connectivity index (χ0n) is 82.5. The molecule has 3 N–H and O–H groups in total. The minimum Gasteiger partial charge on any atom is -0.381 e. The Balaban J connectivity index is -0.000000370. The van der Waals surface area contributed by atoms with Gasteiger partial charge in [-0.25, -0.2) is 8.42 Å². The summed E-state index contributed by atoms with van der Waals surface area (Å²) < 4.78 is 36.3. The molecule has 7 aliphatic heterocycles. The first-order chi connectivity index (χ1) is 53.8. The Morgan fingerprint density at radius 1 is 0.246 bits per heavy atom.